The minimum atomic E-state index is -2.17. The summed E-state index contributed by atoms with van der Waals surface area (Å²) in [6.45, 7) is 13.1. The van der Waals surface area contributed by atoms with Gasteiger partial charge in [0.15, 0.2) is 23.0 Å². The Balaban J connectivity index is 2.67. The normalized spacial score (nSPS) is 15.1. The lowest BCUT2D eigenvalue weighted by atomic mass is 10.0. The first kappa shape index (κ1) is 25.4. The molecule has 2 rings (SSSR count). The summed E-state index contributed by atoms with van der Waals surface area (Å²) in [6.07, 6.45) is 6.10. The van der Waals surface area contributed by atoms with Gasteiger partial charge in [0.2, 0.25) is 5.91 Å². The smallest absolute Gasteiger partial charge is 0.250 e. The van der Waals surface area contributed by atoms with E-state index in [1.54, 1.807) is 14.2 Å². The zero-order valence-electron chi connectivity index (χ0n) is 20.6. The third kappa shape index (κ3) is 5.87. The topological polar surface area (TPSA) is 80.0 Å². The summed E-state index contributed by atoms with van der Waals surface area (Å²) in [4.78, 5) is 11.4. The fourth-order valence-electron chi connectivity index (χ4n) is 3.79. The highest BCUT2D eigenvalue weighted by Gasteiger charge is 2.41. The number of rotatable bonds is 10. The Morgan fingerprint density at radius 3 is 2.06 bits per heavy atom. The van der Waals surface area contributed by atoms with E-state index < -0.39 is 8.32 Å². The molecule has 176 valence electrons. The van der Waals surface area contributed by atoms with Crippen molar-refractivity contribution in [1.82, 2.24) is 0 Å². The quantitative estimate of drug-likeness (QED) is 0.473. The molecule has 1 fully saturated rings. The summed E-state index contributed by atoms with van der Waals surface area (Å²) in [5.41, 5.74) is 7.20. The number of primary amides is 1. The van der Waals surface area contributed by atoms with Gasteiger partial charge in [0.05, 0.1) is 20.3 Å². The van der Waals surface area contributed by atoms with Crippen molar-refractivity contribution < 1.29 is 23.4 Å². The molecule has 0 aromatic heterocycles. The first-order chi connectivity index (χ1) is 14.4. The fourth-order valence-corrected chi connectivity index (χ4v) is 4.83. The average molecular weight is 452 g/mol. The van der Waals surface area contributed by atoms with Gasteiger partial charge in [-0.15, -0.1) is 0 Å². The van der Waals surface area contributed by atoms with Crippen molar-refractivity contribution in [3.8, 4) is 23.0 Å². The highest BCUT2D eigenvalue weighted by Crippen LogP contribution is 2.52. The van der Waals surface area contributed by atoms with Gasteiger partial charge in [0.25, 0.3) is 8.32 Å². The summed E-state index contributed by atoms with van der Waals surface area (Å²) in [5, 5.41) is 0.0167. The SMILES string of the molecule is COc1c(C)c(OC)c(O[Si](C)(C)C(C)(C)C)c(CCCC(N)=O)c1OC1CCCC1. The molecule has 6 nitrogen and oxygen atoms in total. The standard InChI is InChI=1S/C24H41NO5Si/c1-16-20(27-5)22(29-17-12-9-10-13-17)18(14-11-15-19(25)26)23(21(16)28-6)30-31(7,8)24(2,3)4/h17H,9-15H2,1-8H3,(H2,25,26). The van der Waals surface area contributed by atoms with Crippen LogP contribution < -0.4 is 24.4 Å². The molecule has 7 heteroatoms. The van der Waals surface area contributed by atoms with Gasteiger partial charge in [-0.25, -0.2) is 0 Å². The molecular formula is C24H41NO5Si. The number of carbonyl (C=O) groups excluding carboxylic acids is 1. The van der Waals surface area contributed by atoms with Gasteiger partial charge < -0.3 is 24.4 Å². The maximum Gasteiger partial charge on any atom is 0.250 e. The molecule has 1 aliphatic rings. The van der Waals surface area contributed by atoms with Crippen LogP contribution in [0, 0.1) is 6.92 Å². The van der Waals surface area contributed by atoms with Crippen LogP contribution in [0.3, 0.4) is 0 Å². The first-order valence-electron chi connectivity index (χ1n) is 11.3. The van der Waals surface area contributed by atoms with Crippen LogP contribution in [0.25, 0.3) is 0 Å². The van der Waals surface area contributed by atoms with E-state index in [1.807, 2.05) is 6.92 Å². The Kier molecular flexibility index (Phi) is 8.31. The van der Waals surface area contributed by atoms with Gasteiger partial charge in [-0.05, 0) is 63.6 Å². The maximum atomic E-state index is 11.4. The summed E-state index contributed by atoms with van der Waals surface area (Å²) in [5.74, 6) is 2.50. The van der Waals surface area contributed by atoms with E-state index in [4.69, 9.17) is 24.4 Å². The molecule has 0 spiro atoms. The van der Waals surface area contributed by atoms with Crippen molar-refractivity contribution in [2.45, 2.75) is 96.9 Å². The predicted octanol–water partition coefficient (Wildman–Crippen LogP) is 5.53. The van der Waals surface area contributed by atoms with Gasteiger partial charge in [-0.2, -0.15) is 0 Å². The van der Waals surface area contributed by atoms with E-state index in [9.17, 15) is 4.79 Å². The molecule has 1 aromatic rings. The Bertz CT molecular complexity index is 779. The number of amides is 1. The summed E-state index contributed by atoms with van der Waals surface area (Å²) in [6, 6.07) is 0. The van der Waals surface area contributed by atoms with Gasteiger partial charge in [0, 0.05) is 17.5 Å². The number of benzene rings is 1. The number of methoxy groups -OCH3 is 2. The Labute approximate surface area is 188 Å². The summed E-state index contributed by atoms with van der Waals surface area (Å²) < 4.78 is 25.0. The van der Waals surface area contributed by atoms with E-state index >= 15 is 0 Å². The maximum absolute atomic E-state index is 11.4. The molecule has 31 heavy (non-hydrogen) atoms. The van der Waals surface area contributed by atoms with E-state index in [1.165, 1.54) is 12.8 Å². The largest absolute Gasteiger partial charge is 0.541 e. The van der Waals surface area contributed by atoms with Crippen molar-refractivity contribution in [3.05, 3.63) is 11.1 Å². The van der Waals surface area contributed by atoms with Crippen LogP contribution in [0.15, 0.2) is 0 Å². The van der Waals surface area contributed by atoms with E-state index in [0.29, 0.717) is 30.8 Å². The number of ether oxygens (including phenoxy) is 3. The molecule has 1 aliphatic carbocycles. The minimum Gasteiger partial charge on any atom is -0.541 e. The van der Waals surface area contributed by atoms with Crippen molar-refractivity contribution in [1.29, 1.82) is 0 Å². The Morgan fingerprint density at radius 2 is 1.58 bits per heavy atom. The molecule has 2 N–H and O–H groups in total. The third-order valence-electron chi connectivity index (χ3n) is 6.65. The number of carbonyl (C=O) groups is 1. The lowest BCUT2D eigenvalue weighted by Crippen LogP contribution is -2.44. The van der Waals surface area contributed by atoms with Crippen molar-refractivity contribution in [3.63, 3.8) is 0 Å². The number of nitrogens with two attached hydrogens (primary N) is 1. The molecule has 0 radical (unpaired) electrons. The van der Waals surface area contributed by atoms with E-state index in [-0.39, 0.29) is 17.0 Å². The average Bonchev–Trinajstić information content (AvgIpc) is 3.16. The molecule has 1 aromatic carbocycles. The summed E-state index contributed by atoms with van der Waals surface area (Å²) >= 11 is 0. The van der Waals surface area contributed by atoms with E-state index in [2.05, 4.69) is 33.9 Å². The van der Waals surface area contributed by atoms with Crippen LogP contribution >= 0.6 is 0 Å². The van der Waals surface area contributed by atoms with Crippen LogP contribution in [0.1, 0.15) is 70.4 Å². The Hall–Kier alpha value is -1.89. The molecule has 0 atom stereocenters. The lowest BCUT2D eigenvalue weighted by Gasteiger charge is -2.38. The van der Waals surface area contributed by atoms with Gasteiger partial charge in [-0.1, -0.05) is 20.8 Å². The highest BCUT2D eigenvalue weighted by molar-refractivity contribution is 6.74. The van der Waals surface area contributed by atoms with Crippen LogP contribution in [-0.4, -0.2) is 34.5 Å². The van der Waals surface area contributed by atoms with Crippen LogP contribution in [-0.2, 0) is 11.2 Å². The number of hydrogen-bond acceptors (Lipinski definition) is 5. The molecule has 0 heterocycles. The minimum absolute atomic E-state index is 0.0167. The van der Waals surface area contributed by atoms with Gasteiger partial charge in [-0.3, -0.25) is 4.79 Å². The zero-order valence-corrected chi connectivity index (χ0v) is 21.6. The first-order valence-corrected chi connectivity index (χ1v) is 14.2. The van der Waals surface area contributed by atoms with Crippen LogP contribution in [0.5, 0.6) is 23.0 Å². The second-order valence-electron chi connectivity index (χ2n) is 10.0. The van der Waals surface area contributed by atoms with Crippen molar-refractivity contribution in [2.24, 2.45) is 5.73 Å². The highest BCUT2D eigenvalue weighted by atomic mass is 28.4. The summed E-state index contributed by atoms with van der Waals surface area (Å²) in [7, 11) is 1.14. The monoisotopic (exact) mass is 451 g/mol. The van der Waals surface area contributed by atoms with E-state index in [0.717, 1.165) is 35.5 Å². The van der Waals surface area contributed by atoms with Gasteiger partial charge in [0.1, 0.15) is 0 Å². The molecule has 0 bridgehead atoms. The molecular weight excluding hydrogens is 410 g/mol. The zero-order chi connectivity index (χ0) is 23.4. The van der Waals surface area contributed by atoms with Crippen LogP contribution in [0.2, 0.25) is 18.1 Å². The van der Waals surface area contributed by atoms with Crippen molar-refractivity contribution in [2.75, 3.05) is 14.2 Å². The third-order valence-corrected chi connectivity index (χ3v) is 11.0. The van der Waals surface area contributed by atoms with Crippen LogP contribution in [0.4, 0.5) is 0 Å². The lowest BCUT2D eigenvalue weighted by molar-refractivity contribution is -0.118. The molecule has 1 amide bonds. The second kappa shape index (κ2) is 10.2. The molecule has 0 saturated heterocycles. The number of hydrogen-bond donors (Lipinski definition) is 1. The fraction of sp³-hybridized carbons (Fsp3) is 0.708. The second-order valence-corrected chi connectivity index (χ2v) is 14.8. The van der Waals surface area contributed by atoms with Gasteiger partial charge >= 0.3 is 0 Å². The van der Waals surface area contributed by atoms with Crippen molar-refractivity contribution >= 4 is 14.2 Å². The predicted molar refractivity (Wildman–Crippen MR) is 127 cm³/mol. The Morgan fingerprint density at radius 1 is 1.03 bits per heavy atom. The molecule has 0 unspecified atom stereocenters. The molecule has 0 aliphatic heterocycles. The molecule has 1 saturated carbocycles.